The van der Waals surface area contributed by atoms with Gasteiger partial charge in [0.1, 0.15) is 0 Å². The molecule has 2 aliphatic heterocycles. The smallest absolute Gasteiger partial charge is 0.285 e. The fraction of sp³-hybridized carbons (Fsp3) is 0.120. The van der Waals surface area contributed by atoms with Crippen LogP contribution in [0.4, 0.5) is 22.7 Å². The van der Waals surface area contributed by atoms with Crippen LogP contribution in [-0.2, 0) is 19.2 Å². The molecule has 0 unspecified atom stereocenters. The molecular weight excluding hydrogens is 406 g/mol. The second-order valence-corrected chi connectivity index (χ2v) is 7.89. The first kappa shape index (κ1) is 19.7. The van der Waals surface area contributed by atoms with Gasteiger partial charge in [-0.05, 0) is 55.5 Å². The highest BCUT2D eigenvalue weighted by Crippen LogP contribution is 2.46. The number of imide groups is 2. The molecule has 2 heterocycles. The van der Waals surface area contributed by atoms with Gasteiger partial charge in [0, 0.05) is 24.1 Å². The monoisotopic (exact) mass is 425 g/mol. The summed E-state index contributed by atoms with van der Waals surface area (Å²) in [5.74, 6) is -3.11. The Hall–Kier alpha value is -4.26. The van der Waals surface area contributed by atoms with Crippen molar-refractivity contribution in [3.05, 3.63) is 84.4 Å². The summed E-state index contributed by atoms with van der Waals surface area (Å²) in [5, 5.41) is 0. The molecule has 32 heavy (non-hydrogen) atoms. The summed E-state index contributed by atoms with van der Waals surface area (Å²) < 4.78 is 0. The molecule has 5 rings (SSSR count). The number of aryl methyl sites for hydroxylation is 1. The van der Waals surface area contributed by atoms with Gasteiger partial charge in [-0.2, -0.15) is 0 Å². The lowest BCUT2D eigenvalue weighted by molar-refractivity contribution is -0.184. The van der Waals surface area contributed by atoms with E-state index in [2.05, 4.69) is 4.90 Å². The first-order valence-corrected chi connectivity index (χ1v) is 10.1. The van der Waals surface area contributed by atoms with Crippen molar-refractivity contribution in [1.82, 2.24) is 4.90 Å². The van der Waals surface area contributed by atoms with E-state index in [0.717, 1.165) is 32.4 Å². The van der Waals surface area contributed by atoms with Crippen LogP contribution in [0.25, 0.3) is 0 Å². The van der Waals surface area contributed by atoms with Gasteiger partial charge in [-0.3, -0.25) is 24.1 Å². The van der Waals surface area contributed by atoms with Gasteiger partial charge in [0.2, 0.25) is 0 Å². The minimum Gasteiger partial charge on any atom is -0.311 e. The van der Waals surface area contributed by atoms with E-state index in [9.17, 15) is 19.2 Å². The Morgan fingerprint density at radius 1 is 0.625 bits per heavy atom. The third-order valence-corrected chi connectivity index (χ3v) is 5.97. The first-order chi connectivity index (χ1) is 15.4. The molecule has 0 aromatic heterocycles. The molecule has 7 heteroatoms. The summed E-state index contributed by atoms with van der Waals surface area (Å²) >= 11 is 0. The van der Waals surface area contributed by atoms with Crippen molar-refractivity contribution in [2.24, 2.45) is 5.41 Å². The molecule has 158 valence electrons. The Morgan fingerprint density at radius 3 is 1.62 bits per heavy atom. The number of rotatable bonds is 4. The van der Waals surface area contributed by atoms with E-state index in [1.54, 1.807) is 24.3 Å². The predicted molar refractivity (Wildman–Crippen MR) is 119 cm³/mol. The SMILES string of the molecule is Cc1ccc(N(c2ccccc2)c2ccc(N3C(=O)C4(C(=O)N(C)C4=O)C3=O)cc2)cc1. The summed E-state index contributed by atoms with van der Waals surface area (Å²) in [5.41, 5.74) is 2.04. The summed E-state index contributed by atoms with van der Waals surface area (Å²) in [7, 11) is 1.26. The van der Waals surface area contributed by atoms with Crippen LogP contribution in [0.2, 0.25) is 0 Å². The minimum atomic E-state index is -2.16. The number of carbonyl (C=O) groups is 4. The lowest BCUT2D eigenvalue weighted by Crippen LogP contribution is -2.83. The number of hydrogen-bond acceptors (Lipinski definition) is 5. The van der Waals surface area contributed by atoms with Crippen LogP contribution < -0.4 is 9.80 Å². The van der Waals surface area contributed by atoms with Crippen molar-refractivity contribution in [3.8, 4) is 0 Å². The molecule has 3 aromatic carbocycles. The maximum Gasteiger partial charge on any atom is 0.285 e. The zero-order valence-corrected chi connectivity index (χ0v) is 17.5. The van der Waals surface area contributed by atoms with Gasteiger partial charge in [0.05, 0.1) is 5.69 Å². The number of amides is 4. The molecule has 3 aromatic rings. The average molecular weight is 425 g/mol. The molecule has 0 N–H and O–H groups in total. The Morgan fingerprint density at radius 2 is 1.09 bits per heavy atom. The van der Waals surface area contributed by atoms with E-state index in [-0.39, 0.29) is 0 Å². The van der Waals surface area contributed by atoms with E-state index >= 15 is 0 Å². The largest absolute Gasteiger partial charge is 0.311 e. The zero-order valence-electron chi connectivity index (χ0n) is 17.5. The third-order valence-electron chi connectivity index (χ3n) is 5.97. The van der Waals surface area contributed by atoms with Crippen LogP contribution in [0.15, 0.2) is 78.9 Å². The Bertz CT molecular complexity index is 1230. The van der Waals surface area contributed by atoms with E-state index < -0.39 is 29.0 Å². The summed E-state index contributed by atoms with van der Waals surface area (Å²) in [6, 6.07) is 24.8. The van der Waals surface area contributed by atoms with Crippen LogP contribution in [0.5, 0.6) is 0 Å². The molecule has 1 spiro atoms. The maximum absolute atomic E-state index is 12.7. The number of hydrogen-bond donors (Lipinski definition) is 0. The van der Waals surface area contributed by atoms with E-state index in [1.807, 2.05) is 61.5 Å². The molecule has 0 saturated carbocycles. The number of nitrogens with zero attached hydrogens (tertiary/aromatic N) is 3. The molecule has 4 amide bonds. The van der Waals surface area contributed by atoms with E-state index in [0.29, 0.717) is 5.69 Å². The Balaban J connectivity index is 1.48. The first-order valence-electron chi connectivity index (χ1n) is 10.1. The Kier molecular flexibility index (Phi) is 4.23. The summed E-state index contributed by atoms with van der Waals surface area (Å²) in [6.45, 7) is 2.02. The van der Waals surface area contributed by atoms with Crippen LogP contribution in [-0.4, -0.2) is 35.6 Å². The fourth-order valence-corrected chi connectivity index (χ4v) is 4.17. The second-order valence-electron chi connectivity index (χ2n) is 7.89. The number of benzene rings is 3. The number of anilines is 4. The van der Waals surface area contributed by atoms with E-state index in [4.69, 9.17) is 0 Å². The predicted octanol–water partition coefficient (Wildman–Crippen LogP) is 3.32. The van der Waals surface area contributed by atoms with Crippen LogP contribution >= 0.6 is 0 Å². The third kappa shape index (κ3) is 2.48. The maximum atomic E-state index is 12.7. The second kappa shape index (κ2) is 6.88. The van der Waals surface area contributed by atoms with Crippen molar-refractivity contribution in [2.75, 3.05) is 16.8 Å². The molecule has 2 fully saturated rings. The standard InChI is InChI=1S/C25H19N3O4/c1-16-8-10-18(11-9-16)27(17-6-4-3-5-7-17)19-12-14-20(15-13-19)28-23(31)25(24(28)32)21(29)26(2)22(25)30/h3-15H,1-2H3. The van der Waals surface area contributed by atoms with Gasteiger partial charge in [-0.1, -0.05) is 35.9 Å². The average Bonchev–Trinajstić information content (AvgIpc) is 2.82. The van der Waals surface area contributed by atoms with Crippen molar-refractivity contribution in [1.29, 1.82) is 0 Å². The van der Waals surface area contributed by atoms with Gasteiger partial charge in [-0.25, -0.2) is 4.90 Å². The van der Waals surface area contributed by atoms with Crippen molar-refractivity contribution in [2.45, 2.75) is 6.92 Å². The molecule has 0 aliphatic carbocycles. The van der Waals surface area contributed by atoms with Crippen LogP contribution in [0, 0.1) is 12.3 Å². The normalized spacial score (nSPS) is 16.8. The molecule has 0 radical (unpaired) electrons. The highest BCUT2D eigenvalue weighted by molar-refractivity contribution is 6.59. The quantitative estimate of drug-likeness (QED) is 0.473. The van der Waals surface area contributed by atoms with Gasteiger partial charge in [0.15, 0.2) is 0 Å². The minimum absolute atomic E-state index is 0.321. The lowest BCUT2D eigenvalue weighted by atomic mass is 9.69. The summed E-state index contributed by atoms with van der Waals surface area (Å²) in [6.07, 6.45) is 0. The van der Waals surface area contributed by atoms with Crippen LogP contribution in [0.1, 0.15) is 5.56 Å². The molecule has 0 bridgehead atoms. The number of likely N-dealkylation sites (tertiary alicyclic amines) is 1. The Labute approximate surface area is 184 Å². The van der Waals surface area contributed by atoms with Crippen molar-refractivity contribution >= 4 is 46.4 Å². The number of β-lactam (4-membered cyclic amide) rings is 4. The number of para-hydroxylation sites is 1. The van der Waals surface area contributed by atoms with Crippen molar-refractivity contribution < 1.29 is 19.2 Å². The zero-order chi connectivity index (χ0) is 22.6. The topological polar surface area (TPSA) is 78.0 Å². The van der Waals surface area contributed by atoms with Gasteiger partial charge in [0.25, 0.3) is 29.0 Å². The summed E-state index contributed by atoms with van der Waals surface area (Å²) in [4.78, 5) is 53.2. The highest BCUT2D eigenvalue weighted by atomic mass is 16.2. The highest BCUT2D eigenvalue weighted by Gasteiger charge is 2.79. The number of carbonyl (C=O) groups excluding carboxylic acids is 4. The van der Waals surface area contributed by atoms with Gasteiger partial charge < -0.3 is 4.90 Å². The van der Waals surface area contributed by atoms with Gasteiger partial charge in [-0.15, -0.1) is 0 Å². The molecule has 0 atom stereocenters. The van der Waals surface area contributed by atoms with Crippen molar-refractivity contribution in [3.63, 3.8) is 0 Å². The molecular formula is C25H19N3O4. The van der Waals surface area contributed by atoms with Gasteiger partial charge >= 0.3 is 0 Å². The van der Waals surface area contributed by atoms with E-state index in [1.165, 1.54) is 7.05 Å². The fourth-order valence-electron chi connectivity index (χ4n) is 4.17. The molecule has 2 aliphatic rings. The molecule has 2 saturated heterocycles. The molecule has 7 nitrogen and oxygen atoms in total. The van der Waals surface area contributed by atoms with Crippen LogP contribution in [0.3, 0.4) is 0 Å². The lowest BCUT2D eigenvalue weighted by Gasteiger charge is -2.51.